The number of amides is 2. The van der Waals surface area contributed by atoms with Crippen molar-refractivity contribution in [1.82, 2.24) is 19.6 Å². The van der Waals surface area contributed by atoms with Crippen LogP contribution in [0.25, 0.3) is 21.9 Å². The normalized spacial score (nSPS) is 13.5. The molecular weight excluding hydrogens is 472 g/mol. The molecule has 0 radical (unpaired) electrons. The van der Waals surface area contributed by atoms with Gasteiger partial charge in [0.1, 0.15) is 11.3 Å². The smallest absolute Gasteiger partial charge is 0.285 e. The number of carbonyl (C=O) groups is 2. The summed E-state index contributed by atoms with van der Waals surface area (Å²) in [4.78, 5) is 39.9. The molecule has 0 bridgehead atoms. The predicted octanol–water partition coefficient (Wildman–Crippen LogP) is 4.92. The van der Waals surface area contributed by atoms with Crippen LogP contribution in [-0.4, -0.2) is 38.0 Å². The Morgan fingerprint density at radius 3 is 2.50 bits per heavy atom. The van der Waals surface area contributed by atoms with Gasteiger partial charge in [-0.3, -0.25) is 19.4 Å². The van der Waals surface area contributed by atoms with E-state index in [0.29, 0.717) is 24.1 Å². The molecule has 0 spiro atoms. The summed E-state index contributed by atoms with van der Waals surface area (Å²) >= 11 is 3.51. The summed E-state index contributed by atoms with van der Waals surface area (Å²) in [6, 6.07) is 12.8. The molecule has 1 aliphatic rings. The van der Waals surface area contributed by atoms with Crippen molar-refractivity contribution in [2.45, 2.75) is 32.7 Å². The average molecular weight is 493 g/mol. The van der Waals surface area contributed by atoms with Gasteiger partial charge in [-0.05, 0) is 43.2 Å². The summed E-state index contributed by atoms with van der Waals surface area (Å²) < 4.78 is 3.19. The van der Waals surface area contributed by atoms with Crippen molar-refractivity contribution >= 4 is 49.7 Å². The van der Waals surface area contributed by atoms with Crippen LogP contribution in [0, 0.1) is 0 Å². The summed E-state index contributed by atoms with van der Waals surface area (Å²) in [7, 11) is 0. The maximum absolute atomic E-state index is 12.5. The summed E-state index contributed by atoms with van der Waals surface area (Å²) in [5, 5.41) is 1.92. The molecule has 4 aromatic rings. The molecule has 2 aromatic heterocycles. The van der Waals surface area contributed by atoms with Gasteiger partial charge < -0.3 is 4.57 Å². The van der Waals surface area contributed by atoms with Crippen molar-refractivity contribution in [3.8, 4) is 0 Å². The summed E-state index contributed by atoms with van der Waals surface area (Å²) in [6.45, 7) is 3.03. The predicted molar refractivity (Wildman–Crippen MR) is 124 cm³/mol. The molecule has 3 heterocycles. The molecule has 32 heavy (non-hydrogen) atoms. The van der Waals surface area contributed by atoms with Gasteiger partial charge in [-0.2, -0.15) is 0 Å². The highest BCUT2D eigenvalue weighted by atomic mass is 79.9. The molecule has 8 heteroatoms. The third kappa shape index (κ3) is 3.49. The fraction of sp³-hybridized carbons (Fsp3) is 0.250. The standard InChI is InChI=1S/C24H21BrN4O3/c1-2-6-21-27-20-14-26-19-13-15(25)9-10-18(19)22(20)28(21)11-5-12-32-29-23(30)16-7-3-4-8-17(16)24(29)31/h3-4,7-10,13-14H,2,5-6,11-12H2,1H3. The first-order valence-electron chi connectivity index (χ1n) is 10.6. The van der Waals surface area contributed by atoms with Gasteiger partial charge in [-0.1, -0.05) is 35.0 Å². The first-order valence-corrected chi connectivity index (χ1v) is 11.4. The number of halogens is 1. The molecule has 2 amide bonds. The molecule has 162 valence electrons. The number of rotatable bonds is 7. The maximum Gasteiger partial charge on any atom is 0.285 e. The number of hydrogen-bond acceptors (Lipinski definition) is 5. The number of hydrogen-bond donors (Lipinski definition) is 0. The van der Waals surface area contributed by atoms with Crippen molar-refractivity contribution in [1.29, 1.82) is 0 Å². The Bertz CT molecular complexity index is 1330. The van der Waals surface area contributed by atoms with Gasteiger partial charge in [-0.25, -0.2) is 4.98 Å². The van der Waals surface area contributed by atoms with E-state index in [1.54, 1.807) is 24.3 Å². The Kier molecular flexibility index (Phi) is 5.48. The highest BCUT2D eigenvalue weighted by molar-refractivity contribution is 9.10. The Morgan fingerprint density at radius 1 is 1.03 bits per heavy atom. The van der Waals surface area contributed by atoms with Crippen molar-refractivity contribution in [2.24, 2.45) is 0 Å². The minimum Gasteiger partial charge on any atom is -0.327 e. The van der Waals surface area contributed by atoms with Gasteiger partial charge >= 0.3 is 0 Å². The quantitative estimate of drug-likeness (QED) is 0.270. The van der Waals surface area contributed by atoms with Crippen LogP contribution in [-0.2, 0) is 17.8 Å². The lowest BCUT2D eigenvalue weighted by Crippen LogP contribution is -2.30. The number of nitrogens with zero attached hydrogens (tertiary/aromatic N) is 4. The summed E-state index contributed by atoms with van der Waals surface area (Å²) in [5.41, 5.74) is 3.58. The molecule has 2 aromatic carbocycles. The Morgan fingerprint density at radius 2 is 1.78 bits per heavy atom. The molecule has 5 rings (SSSR count). The van der Waals surface area contributed by atoms with Crippen LogP contribution in [0.5, 0.6) is 0 Å². The van der Waals surface area contributed by atoms with Crippen molar-refractivity contribution < 1.29 is 14.4 Å². The molecule has 0 N–H and O–H groups in total. The van der Waals surface area contributed by atoms with Crippen LogP contribution < -0.4 is 0 Å². The minimum absolute atomic E-state index is 0.241. The van der Waals surface area contributed by atoms with E-state index < -0.39 is 11.8 Å². The minimum atomic E-state index is -0.409. The van der Waals surface area contributed by atoms with E-state index in [2.05, 4.69) is 38.5 Å². The molecule has 0 saturated carbocycles. The van der Waals surface area contributed by atoms with Gasteiger partial charge in [0.2, 0.25) is 0 Å². The molecular formula is C24H21BrN4O3. The number of aryl methyl sites for hydroxylation is 2. The van der Waals surface area contributed by atoms with Gasteiger partial charge in [-0.15, -0.1) is 5.06 Å². The van der Waals surface area contributed by atoms with Crippen LogP contribution in [0.2, 0.25) is 0 Å². The lowest BCUT2D eigenvalue weighted by Gasteiger charge is -2.14. The molecule has 0 aliphatic carbocycles. The zero-order valence-corrected chi connectivity index (χ0v) is 19.1. The fourth-order valence-corrected chi connectivity index (χ4v) is 4.50. The van der Waals surface area contributed by atoms with Gasteiger partial charge in [0.05, 0.1) is 35.0 Å². The summed E-state index contributed by atoms with van der Waals surface area (Å²) in [6.07, 6.45) is 4.27. The third-order valence-corrected chi connectivity index (χ3v) is 6.08. The van der Waals surface area contributed by atoms with Crippen molar-refractivity contribution in [3.63, 3.8) is 0 Å². The van der Waals surface area contributed by atoms with Crippen LogP contribution >= 0.6 is 15.9 Å². The average Bonchev–Trinajstić information content (AvgIpc) is 3.27. The van der Waals surface area contributed by atoms with Gasteiger partial charge in [0, 0.05) is 22.8 Å². The number of hydroxylamine groups is 2. The third-order valence-electron chi connectivity index (χ3n) is 5.59. The lowest BCUT2D eigenvalue weighted by atomic mass is 10.1. The number of imide groups is 1. The zero-order valence-electron chi connectivity index (χ0n) is 17.5. The van der Waals surface area contributed by atoms with E-state index >= 15 is 0 Å². The number of pyridine rings is 1. The van der Waals surface area contributed by atoms with Crippen LogP contribution in [0.3, 0.4) is 0 Å². The van der Waals surface area contributed by atoms with Crippen molar-refractivity contribution in [2.75, 3.05) is 6.61 Å². The number of benzene rings is 2. The number of aromatic nitrogens is 3. The van der Waals surface area contributed by atoms with Gasteiger partial charge in [0.25, 0.3) is 11.8 Å². The van der Waals surface area contributed by atoms with Crippen LogP contribution in [0.1, 0.15) is 46.3 Å². The van der Waals surface area contributed by atoms with E-state index in [9.17, 15) is 9.59 Å². The Labute approximate surface area is 193 Å². The fourth-order valence-electron chi connectivity index (χ4n) is 4.15. The second-order valence-electron chi connectivity index (χ2n) is 7.72. The van der Waals surface area contributed by atoms with Gasteiger partial charge in [0.15, 0.2) is 0 Å². The maximum atomic E-state index is 12.5. The van der Waals surface area contributed by atoms with E-state index in [-0.39, 0.29) is 6.61 Å². The van der Waals surface area contributed by atoms with Crippen LogP contribution in [0.15, 0.2) is 53.1 Å². The van der Waals surface area contributed by atoms with E-state index in [1.807, 2.05) is 18.3 Å². The topological polar surface area (TPSA) is 77.3 Å². The number of carbonyl (C=O) groups excluding carboxylic acids is 2. The SMILES string of the molecule is CCCc1nc2cnc3cc(Br)ccc3c2n1CCCON1C(=O)c2ccccc2C1=O. The molecule has 0 fully saturated rings. The largest absolute Gasteiger partial charge is 0.327 e. The van der Waals surface area contributed by atoms with E-state index in [0.717, 1.165) is 50.1 Å². The highest BCUT2D eigenvalue weighted by Gasteiger charge is 2.36. The zero-order chi connectivity index (χ0) is 22.2. The molecule has 7 nitrogen and oxygen atoms in total. The van der Waals surface area contributed by atoms with Crippen LogP contribution in [0.4, 0.5) is 0 Å². The van der Waals surface area contributed by atoms with E-state index in [1.165, 1.54) is 0 Å². The lowest BCUT2D eigenvalue weighted by molar-refractivity contribution is -0.0925. The molecule has 0 atom stereocenters. The second-order valence-corrected chi connectivity index (χ2v) is 8.64. The number of imidazole rings is 1. The number of fused-ring (bicyclic) bond motifs is 4. The first kappa shape index (κ1) is 20.8. The van der Waals surface area contributed by atoms with Crippen molar-refractivity contribution in [3.05, 3.63) is 70.1 Å². The second kappa shape index (κ2) is 8.44. The first-order chi connectivity index (χ1) is 15.6. The molecule has 0 saturated heterocycles. The molecule has 1 aliphatic heterocycles. The van der Waals surface area contributed by atoms with E-state index in [4.69, 9.17) is 9.82 Å². The monoisotopic (exact) mass is 492 g/mol. The highest BCUT2D eigenvalue weighted by Crippen LogP contribution is 2.28. The molecule has 0 unspecified atom stereocenters. The summed E-state index contributed by atoms with van der Waals surface area (Å²) in [5.74, 6) is 0.182. The Balaban J connectivity index is 1.37. The Hall–Kier alpha value is -3.10.